The van der Waals surface area contributed by atoms with E-state index in [0.717, 1.165) is 25.8 Å². The molecule has 0 saturated heterocycles. The van der Waals surface area contributed by atoms with Gasteiger partial charge in [0.25, 0.3) is 0 Å². The maximum Gasteiger partial charge on any atom is 0.0614 e. The highest BCUT2D eigenvalue weighted by molar-refractivity contribution is 5.15. The van der Waals surface area contributed by atoms with Gasteiger partial charge in [-0.05, 0) is 51.1 Å². The van der Waals surface area contributed by atoms with Gasteiger partial charge in [-0.1, -0.05) is 30.3 Å². The van der Waals surface area contributed by atoms with E-state index in [4.69, 9.17) is 0 Å². The van der Waals surface area contributed by atoms with Gasteiger partial charge in [0, 0.05) is 24.2 Å². The first kappa shape index (κ1) is 15.0. The van der Waals surface area contributed by atoms with Crippen molar-refractivity contribution in [3.05, 3.63) is 35.9 Å². The van der Waals surface area contributed by atoms with Crippen LogP contribution in [-0.4, -0.2) is 47.8 Å². The Hall–Kier alpha value is -0.900. The minimum Gasteiger partial charge on any atom is -0.394 e. The summed E-state index contributed by atoms with van der Waals surface area (Å²) in [5, 5.41) is 13.5. The van der Waals surface area contributed by atoms with E-state index >= 15 is 0 Å². The molecule has 2 unspecified atom stereocenters. The molecule has 0 amide bonds. The molecule has 0 spiro atoms. The van der Waals surface area contributed by atoms with E-state index in [9.17, 15) is 5.11 Å². The first-order valence-electron chi connectivity index (χ1n) is 8.33. The number of benzene rings is 1. The first-order valence-corrected chi connectivity index (χ1v) is 8.33. The van der Waals surface area contributed by atoms with E-state index in [0.29, 0.717) is 12.1 Å². The highest BCUT2D eigenvalue weighted by atomic mass is 16.3. The van der Waals surface area contributed by atoms with Crippen molar-refractivity contribution in [2.75, 3.05) is 20.2 Å². The predicted octanol–water partition coefficient (Wildman–Crippen LogP) is 2.20. The lowest BCUT2D eigenvalue weighted by molar-refractivity contribution is 0.149. The summed E-state index contributed by atoms with van der Waals surface area (Å²) in [5.74, 6) is 0. The van der Waals surface area contributed by atoms with Gasteiger partial charge in [-0.15, -0.1) is 0 Å². The molecule has 2 N–H and O–H groups in total. The van der Waals surface area contributed by atoms with Gasteiger partial charge in [-0.3, -0.25) is 0 Å². The Morgan fingerprint density at radius 2 is 2.00 bits per heavy atom. The molecule has 0 aliphatic heterocycles. The zero-order chi connectivity index (χ0) is 14.7. The molecule has 3 nitrogen and oxygen atoms in total. The predicted molar refractivity (Wildman–Crippen MR) is 86.4 cm³/mol. The van der Waals surface area contributed by atoms with E-state index in [1.165, 1.54) is 24.8 Å². The molecule has 2 fully saturated rings. The molecule has 2 saturated carbocycles. The Kier molecular flexibility index (Phi) is 4.63. The molecule has 3 heteroatoms. The summed E-state index contributed by atoms with van der Waals surface area (Å²) < 4.78 is 0. The topological polar surface area (TPSA) is 35.5 Å². The Labute approximate surface area is 128 Å². The molecule has 116 valence electrons. The van der Waals surface area contributed by atoms with Crippen LogP contribution in [0.15, 0.2) is 30.3 Å². The van der Waals surface area contributed by atoms with Crippen LogP contribution < -0.4 is 5.32 Å². The smallest absolute Gasteiger partial charge is 0.0614 e. The third-order valence-corrected chi connectivity index (χ3v) is 5.19. The second-order valence-electron chi connectivity index (χ2n) is 6.97. The fourth-order valence-corrected chi connectivity index (χ4v) is 3.59. The SMILES string of the molecule is CN(CCc1ccccc1)C1CCC(CO)(NC2CC2)C1. The fourth-order valence-electron chi connectivity index (χ4n) is 3.59. The number of aliphatic hydroxyl groups excluding tert-OH is 1. The van der Waals surface area contributed by atoms with E-state index < -0.39 is 0 Å². The Morgan fingerprint density at radius 1 is 1.24 bits per heavy atom. The van der Waals surface area contributed by atoms with Gasteiger partial charge < -0.3 is 15.3 Å². The van der Waals surface area contributed by atoms with Crippen LogP contribution in [0.25, 0.3) is 0 Å². The van der Waals surface area contributed by atoms with Crippen molar-refractivity contribution in [2.24, 2.45) is 0 Å². The molecule has 0 radical (unpaired) electrons. The number of rotatable bonds is 7. The summed E-state index contributed by atoms with van der Waals surface area (Å²) in [7, 11) is 2.23. The molecule has 2 atom stereocenters. The summed E-state index contributed by atoms with van der Waals surface area (Å²) in [4.78, 5) is 2.49. The van der Waals surface area contributed by atoms with E-state index in [1.54, 1.807) is 0 Å². The highest BCUT2D eigenvalue weighted by Crippen LogP contribution is 2.35. The van der Waals surface area contributed by atoms with E-state index in [-0.39, 0.29) is 12.1 Å². The van der Waals surface area contributed by atoms with Crippen molar-refractivity contribution in [1.29, 1.82) is 0 Å². The Balaban J connectivity index is 1.50. The monoisotopic (exact) mass is 288 g/mol. The molecule has 0 bridgehead atoms. The van der Waals surface area contributed by atoms with Crippen molar-refractivity contribution in [2.45, 2.75) is 56.1 Å². The maximum atomic E-state index is 9.82. The van der Waals surface area contributed by atoms with Gasteiger partial charge in [-0.25, -0.2) is 0 Å². The lowest BCUT2D eigenvalue weighted by atomic mass is 9.98. The number of hydrogen-bond donors (Lipinski definition) is 2. The summed E-state index contributed by atoms with van der Waals surface area (Å²) in [6.07, 6.45) is 7.08. The molecule has 0 aromatic heterocycles. The molecule has 0 heterocycles. The average molecular weight is 288 g/mol. The van der Waals surface area contributed by atoms with Crippen LogP contribution in [0.1, 0.15) is 37.7 Å². The van der Waals surface area contributed by atoms with Crippen LogP contribution in [0.3, 0.4) is 0 Å². The van der Waals surface area contributed by atoms with Gasteiger partial charge in [0.05, 0.1) is 6.61 Å². The molecule has 3 rings (SSSR count). The number of aliphatic hydroxyl groups is 1. The summed E-state index contributed by atoms with van der Waals surface area (Å²) >= 11 is 0. The zero-order valence-corrected chi connectivity index (χ0v) is 13.1. The third-order valence-electron chi connectivity index (χ3n) is 5.19. The van der Waals surface area contributed by atoms with Crippen LogP contribution >= 0.6 is 0 Å². The van der Waals surface area contributed by atoms with E-state index in [2.05, 4.69) is 47.6 Å². The van der Waals surface area contributed by atoms with Crippen molar-refractivity contribution < 1.29 is 5.11 Å². The molecule has 1 aromatic carbocycles. The number of likely N-dealkylation sites (N-methyl/N-ethyl adjacent to an activating group) is 1. The van der Waals surface area contributed by atoms with Crippen molar-refractivity contribution in [3.63, 3.8) is 0 Å². The zero-order valence-electron chi connectivity index (χ0n) is 13.1. The van der Waals surface area contributed by atoms with Crippen LogP contribution in [0.2, 0.25) is 0 Å². The second kappa shape index (κ2) is 6.47. The van der Waals surface area contributed by atoms with Crippen LogP contribution in [0.5, 0.6) is 0 Å². The maximum absolute atomic E-state index is 9.82. The summed E-state index contributed by atoms with van der Waals surface area (Å²) in [6.45, 7) is 1.38. The molecular formula is C18H28N2O. The number of nitrogens with zero attached hydrogens (tertiary/aromatic N) is 1. The second-order valence-corrected chi connectivity index (χ2v) is 6.97. The van der Waals surface area contributed by atoms with Gasteiger partial charge in [-0.2, -0.15) is 0 Å². The molecule has 2 aliphatic carbocycles. The lowest BCUT2D eigenvalue weighted by Crippen LogP contribution is -2.48. The summed E-state index contributed by atoms with van der Waals surface area (Å²) in [6, 6.07) is 12.0. The Morgan fingerprint density at radius 3 is 2.67 bits per heavy atom. The number of hydrogen-bond acceptors (Lipinski definition) is 3. The molecule has 21 heavy (non-hydrogen) atoms. The average Bonchev–Trinajstić information content (AvgIpc) is 3.23. The van der Waals surface area contributed by atoms with Gasteiger partial charge in [0.2, 0.25) is 0 Å². The lowest BCUT2D eigenvalue weighted by Gasteiger charge is -2.31. The normalized spacial score (nSPS) is 29.2. The molecular weight excluding hydrogens is 260 g/mol. The molecule has 1 aromatic rings. The van der Waals surface area contributed by atoms with Crippen LogP contribution in [-0.2, 0) is 6.42 Å². The largest absolute Gasteiger partial charge is 0.394 e. The van der Waals surface area contributed by atoms with Crippen molar-refractivity contribution >= 4 is 0 Å². The first-order chi connectivity index (χ1) is 10.2. The van der Waals surface area contributed by atoms with Gasteiger partial charge >= 0.3 is 0 Å². The fraction of sp³-hybridized carbons (Fsp3) is 0.667. The van der Waals surface area contributed by atoms with Gasteiger partial charge in [0.1, 0.15) is 0 Å². The standard InChI is InChI=1S/C18H28N2O/c1-20(12-10-15-5-3-2-4-6-15)17-9-11-18(13-17,14-21)19-16-7-8-16/h2-6,16-17,19,21H,7-14H2,1H3. The third kappa shape index (κ3) is 3.85. The van der Waals surface area contributed by atoms with E-state index in [1.807, 2.05) is 0 Å². The van der Waals surface area contributed by atoms with Crippen LogP contribution in [0, 0.1) is 0 Å². The summed E-state index contributed by atoms with van der Waals surface area (Å²) in [5.41, 5.74) is 1.40. The minimum absolute atomic E-state index is 0.00710. The quantitative estimate of drug-likeness (QED) is 0.807. The van der Waals surface area contributed by atoms with Gasteiger partial charge in [0.15, 0.2) is 0 Å². The molecule has 2 aliphatic rings. The van der Waals surface area contributed by atoms with Crippen molar-refractivity contribution in [1.82, 2.24) is 10.2 Å². The Bertz CT molecular complexity index is 446. The highest BCUT2D eigenvalue weighted by Gasteiger charge is 2.42. The minimum atomic E-state index is -0.00710. The van der Waals surface area contributed by atoms with Crippen molar-refractivity contribution in [3.8, 4) is 0 Å². The number of nitrogens with one attached hydrogen (secondary N) is 1. The van der Waals surface area contributed by atoms with Crippen LogP contribution in [0.4, 0.5) is 0 Å².